The summed E-state index contributed by atoms with van der Waals surface area (Å²) in [5.74, 6) is 0.252. The molecule has 1 N–H and O–H groups in total. The van der Waals surface area contributed by atoms with Gasteiger partial charge in [-0.15, -0.1) is 0 Å². The van der Waals surface area contributed by atoms with Gasteiger partial charge in [-0.05, 0) is 18.2 Å². The van der Waals surface area contributed by atoms with Gasteiger partial charge in [0.2, 0.25) is 0 Å². The predicted molar refractivity (Wildman–Crippen MR) is 73.2 cm³/mol. The van der Waals surface area contributed by atoms with Gasteiger partial charge < -0.3 is 14.6 Å². The molecule has 1 aromatic heterocycles. The van der Waals surface area contributed by atoms with E-state index in [1.807, 2.05) is 30.3 Å². The Morgan fingerprint density at radius 1 is 1.05 bits per heavy atom. The Morgan fingerprint density at radius 3 is 2.45 bits per heavy atom. The summed E-state index contributed by atoms with van der Waals surface area (Å²) in [6, 6.07) is 11.0. The van der Waals surface area contributed by atoms with Crippen molar-refractivity contribution in [3.63, 3.8) is 0 Å². The molecule has 0 aliphatic rings. The fraction of sp³-hybridized carbons (Fsp3) is 0.200. The highest BCUT2D eigenvalue weighted by molar-refractivity contribution is 5.87. The maximum absolute atomic E-state index is 10.8. The van der Waals surface area contributed by atoms with Crippen molar-refractivity contribution in [2.24, 2.45) is 0 Å². The molecule has 0 amide bonds. The summed E-state index contributed by atoms with van der Waals surface area (Å²) in [7, 11) is 0. The summed E-state index contributed by atoms with van der Waals surface area (Å²) in [4.78, 5) is 14.6. The van der Waals surface area contributed by atoms with Crippen molar-refractivity contribution in [2.45, 2.75) is 6.42 Å². The largest absolute Gasteiger partial charge is 0.493 e. The topological polar surface area (TPSA) is 68.7 Å². The molecule has 0 fully saturated rings. The van der Waals surface area contributed by atoms with Crippen LogP contribution in [0.4, 0.5) is 0 Å². The lowest BCUT2D eigenvalue weighted by Gasteiger charge is -2.08. The normalized spacial score (nSPS) is 10.0. The van der Waals surface area contributed by atoms with Gasteiger partial charge in [-0.2, -0.15) is 0 Å². The van der Waals surface area contributed by atoms with E-state index in [-0.39, 0.29) is 5.56 Å². The number of para-hydroxylation sites is 1. The first-order chi connectivity index (χ1) is 9.75. The molecule has 0 aliphatic heterocycles. The van der Waals surface area contributed by atoms with Gasteiger partial charge in [0.1, 0.15) is 11.5 Å². The van der Waals surface area contributed by atoms with Gasteiger partial charge in [-0.25, -0.2) is 4.79 Å². The number of pyridine rings is 1. The maximum Gasteiger partial charge on any atom is 0.337 e. The van der Waals surface area contributed by atoms with Crippen molar-refractivity contribution in [1.29, 1.82) is 0 Å². The SMILES string of the molecule is O=C(O)c1cncc(OCCCOc2ccccc2)c1. The highest BCUT2D eigenvalue weighted by atomic mass is 16.5. The molecule has 0 unspecified atom stereocenters. The van der Waals surface area contributed by atoms with Crippen LogP contribution in [0.25, 0.3) is 0 Å². The molecule has 0 saturated carbocycles. The lowest BCUT2D eigenvalue weighted by atomic mass is 10.3. The van der Waals surface area contributed by atoms with Crippen LogP contribution in [-0.2, 0) is 0 Å². The van der Waals surface area contributed by atoms with Crippen LogP contribution < -0.4 is 9.47 Å². The molecule has 0 bridgehead atoms. The fourth-order valence-corrected chi connectivity index (χ4v) is 1.57. The first-order valence-electron chi connectivity index (χ1n) is 6.25. The Kier molecular flexibility index (Phi) is 4.94. The second kappa shape index (κ2) is 7.13. The van der Waals surface area contributed by atoms with Gasteiger partial charge in [0.15, 0.2) is 0 Å². The molecular formula is C15H15NO4. The summed E-state index contributed by atoms with van der Waals surface area (Å²) in [6.07, 6.45) is 3.48. The van der Waals surface area contributed by atoms with Crippen LogP contribution in [0.5, 0.6) is 11.5 Å². The van der Waals surface area contributed by atoms with Crippen molar-refractivity contribution < 1.29 is 19.4 Å². The summed E-state index contributed by atoms with van der Waals surface area (Å²) in [5.41, 5.74) is 0.114. The van der Waals surface area contributed by atoms with Gasteiger partial charge in [0.25, 0.3) is 0 Å². The molecule has 0 radical (unpaired) electrons. The van der Waals surface area contributed by atoms with E-state index in [1.54, 1.807) is 0 Å². The highest BCUT2D eigenvalue weighted by Gasteiger charge is 2.04. The Morgan fingerprint density at radius 2 is 1.75 bits per heavy atom. The first-order valence-corrected chi connectivity index (χ1v) is 6.25. The zero-order valence-corrected chi connectivity index (χ0v) is 10.9. The standard InChI is InChI=1S/C15H15NO4/c17-15(18)12-9-14(11-16-10-12)20-8-4-7-19-13-5-2-1-3-6-13/h1-3,5-6,9-11H,4,7-8H2,(H,17,18). The van der Waals surface area contributed by atoms with Crippen molar-refractivity contribution >= 4 is 5.97 Å². The number of aromatic carboxylic acids is 1. The van der Waals surface area contributed by atoms with Gasteiger partial charge in [0, 0.05) is 12.6 Å². The lowest BCUT2D eigenvalue weighted by Crippen LogP contribution is -2.06. The van der Waals surface area contributed by atoms with E-state index >= 15 is 0 Å². The van der Waals surface area contributed by atoms with Crippen LogP contribution >= 0.6 is 0 Å². The van der Waals surface area contributed by atoms with E-state index in [0.717, 1.165) is 5.75 Å². The van der Waals surface area contributed by atoms with E-state index in [0.29, 0.717) is 25.4 Å². The van der Waals surface area contributed by atoms with Crippen LogP contribution in [0.1, 0.15) is 16.8 Å². The number of aromatic nitrogens is 1. The third-order valence-electron chi connectivity index (χ3n) is 2.53. The average Bonchev–Trinajstić information content (AvgIpc) is 2.48. The number of hydrogen-bond acceptors (Lipinski definition) is 4. The first kappa shape index (κ1) is 13.9. The summed E-state index contributed by atoms with van der Waals surface area (Å²) < 4.78 is 10.9. The molecule has 0 atom stereocenters. The molecule has 104 valence electrons. The minimum atomic E-state index is -1.02. The van der Waals surface area contributed by atoms with Crippen LogP contribution in [0, 0.1) is 0 Å². The molecule has 5 nitrogen and oxygen atoms in total. The van der Waals surface area contributed by atoms with E-state index in [1.165, 1.54) is 18.5 Å². The molecule has 5 heteroatoms. The fourth-order valence-electron chi connectivity index (χ4n) is 1.57. The highest BCUT2D eigenvalue weighted by Crippen LogP contribution is 2.12. The molecule has 1 heterocycles. The summed E-state index contributed by atoms with van der Waals surface area (Å²) >= 11 is 0. The number of carbonyl (C=O) groups is 1. The number of hydrogen-bond donors (Lipinski definition) is 1. The quantitative estimate of drug-likeness (QED) is 0.785. The van der Waals surface area contributed by atoms with Crippen molar-refractivity contribution in [2.75, 3.05) is 13.2 Å². The van der Waals surface area contributed by atoms with Crippen LogP contribution in [0.3, 0.4) is 0 Å². The van der Waals surface area contributed by atoms with Gasteiger partial charge in [-0.1, -0.05) is 18.2 Å². The Bertz CT molecular complexity index is 557. The van der Waals surface area contributed by atoms with Crippen LogP contribution in [-0.4, -0.2) is 29.3 Å². The van der Waals surface area contributed by atoms with Crippen LogP contribution in [0.2, 0.25) is 0 Å². The summed E-state index contributed by atoms with van der Waals surface area (Å²) in [6.45, 7) is 0.980. The number of ether oxygens (including phenoxy) is 2. The van der Waals surface area contributed by atoms with E-state index in [2.05, 4.69) is 4.98 Å². The number of benzene rings is 1. The van der Waals surface area contributed by atoms with Gasteiger partial charge in [0.05, 0.1) is 25.0 Å². The summed E-state index contributed by atoms with van der Waals surface area (Å²) in [5, 5.41) is 8.83. The molecule has 2 rings (SSSR count). The Balaban J connectivity index is 1.71. The van der Waals surface area contributed by atoms with Crippen molar-refractivity contribution in [1.82, 2.24) is 4.98 Å². The van der Waals surface area contributed by atoms with E-state index < -0.39 is 5.97 Å². The van der Waals surface area contributed by atoms with E-state index in [4.69, 9.17) is 14.6 Å². The smallest absolute Gasteiger partial charge is 0.337 e. The van der Waals surface area contributed by atoms with Crippen molar-refractivity contribution in [3.8, 4) is 11.5 Å². The number of nitrogens with zero attached hydrogens (tertiary/aromatic N) is 1. The van der Waals surface area contributed by atoms with Gasteiger partial charge in [-0.3, -0.25) is 4.98 Å². The zero-order chi connectivity index (χ0) is 14.2. The second-order valence-corrected chi connectivity index (χ2v) is 4.08. The Hall–Kier alpha value is -2.56. The third-order valence-corrected chi connectivity index (χ3v) is 2.53. The van der Waals surface area contributed by atoms with E-state index in [9.17, 15) is 4.79 Å². The maximum atomic E-state index is 10.8. The molecular weight excluding hydrogens is 258 g/mol. The average molecular weight is 273 g/mol. The van der Waals surface area contributed by atoms with Crippen molar-refractivity contribution in [3.05, 3.63) is 54.4 Å². The molecule has 0 saturated heterocycles. The molecule has 0 spiro atoms. The predicted octanol–water partition coefficient (Wildman–Crippen LogP) is 2.63. The molecule has 2 aromatic rings. The third kappa shape index (κ3) is 4.28. The minimum absolute atomic E-state index is 0.114. The minimum Gasteiger partial charge on any atom is -0.493 e. The molecule has 20 heavy (non-hydrogen) atoms. The number of carboxylic acid groups (broad SMARTS) is 1. The van der Waals surface area contributed by atoms with Crippen LogP contribution in [0.15, 0.2) is 48.8 Å². The van der Waals surface area contributed by atoms with Gasteiger partial charge >= 0.3 is 5.97 Å². The second-order valence-electron chi connectivity index (χ2n) is 4.08. The number of carboxylic acids is 1. The lowest BCUT2D eigenvalue weighted by molar-refractivity contribution is 0.0695. The number of rotatable bonds is 7. The molecule has 1 aromatic carbocycles. The Labute approximate surface area is 116 Å². The monoisotopic (exact) mass is 273 g/mol. The molecule has 0 aliphatic carbocycles. The zero-order valence-electron chi connectivity index (χ0n) is 10.9.